The Balaban J connectivity index is 2.73. The molecule has 0 aliphatic carbocycles. The second-order valence-electron chi connectivity index (χ2n) is 5.25. The highest BCUT2D eigenvalue weighted by Gasteiger charge is 2.15. The third kappa shape index (κ3) is 4.57. The molecule has 0 heterocycles. The van der Waals surface area contributed by atoms with Crippen molar-refractivity contribution in [2.45, 2.75) is 26.3 Å². The summed E-state index contributed by atoms with van der Waals surface area (Å²) in [6.07, 6.45) is 0. The van der Waals surface area contributed by atoms with E-state index >= 15 is 0 Å². The fourth-order valence-corrected chi connectivity index (χ4v) is 1.54. The zero-order valence-electron chi connectivity index (χ0n) is 11.6. The Morgan fingerprint density at radius 1 is 1.45 bits per heavy atom. The number of anilines is 1. The minimum Gasteiger partial charge on any atom is -0.376 e. The van der Waals surface area contributed by atoms with Gasteiger partial charge in [0.1, 0.15) is 11.6 Å². The highest BCUT2D eigenvalue weighted by molar-refractivity contribution is 5.81. The van der Waals surface area contributed by atoms with Crippen LogP contribution in [0.2, 0.25) is 0 Å². The summed E-state index contributed by atoms with van der Waals surface area (Å²) in [5.41, 5.74) is -0.142. The van der Waals surface area contributed by atoms with Crippen molar-refractivity contribution >= 4 is 17.3 Å². The standard InChI is InChI=1S/C13H16N4O3/c1-13(2,3)16-12(18)8-15-10-4-5-11(17(19)20)9(6-10)7-14/h4-6,15H,8H2,1-3H3,(H,16,18). The number of nitro benzene ring substituents is 1. The van der Waals surface area contributed by atoms with E-state index in [0.717, 1.165) is 0 Å². The van der Waals surface area contributed by atoms with Crippen LogP contribution in [0.25, 0.3) is 0 Å². The fourth-order valence-electron chi connectivity index (χ4n) is 1.54. The normalized spacial score (nSPS) is 10.5. The summed E-state index contributed by atoms with van der Waals surface area (Å²) in [4.78, 5) is 21.7. The van der Waals surface area contributed by atoms with Gasteiger partial charge < -0.3 is 10.6 Å². The van der Waals surface area contributed by atoms with Crippen molar-refractivity contribution in [1.29, 1.82) is 5.26 Å². The third-order valence-corrected chi connectivity index (χ3v) is 2.28. The first-order valence-corrected chi connectivity index (χ1v) is 5.96. The van der Waals surface area contributed by atoms with Crippen LogP contribution in [0.5, 0.6) is 0 Å². The summed E-state index contributed by atoms with van der Waals surface area (Å²) in [5, 5.41) is 25.1. The molecule has 0 spiro atoms. The molecule has 0 aromatic heterocycles. The second kappa shape index (κ2) is 6.02. The molecule has 0 aliphatic heterocycles. The smallest absolute Gasteiger partial charge is 0.287 e. The lowest BCUT2D eigenvalue weighted by Crippen LogP contribution is -2.43. The molecule has 20 heavy (non-hydrogen) atoms. The molecule has 0 fully saturated rings. The van der Waals surface area contributed by atoms with E-state index in [1.165, 1.54) is 18.2 Å². The van der Waals surface area contributed by atoms with Crippen molar-refractivity contribution in [2.24, 2.45) is 0 Å². The molecule has 0 saturated heterocycles. The molecule has 106 valence electrons. The molecule has 0 saturated carbocycles. The largest absolute Gasteiger partial charge is 0.376 e. The van der Waals surface area contributed by atoms with Crippen LogP contribution < -0.4 is 10.6 Å². The van der Waals surface area contributed by atoms with Gasteiger partial charge in [-0.1, -0.05) is 0 Å². The Kier molecular flexibility index (Phi) is 4.64. The average Bonchev–Trinajstić information content (AvgIpc) is 2.33. The number of nitrogens with one attached hydrogen (secondary N) is 2. The van der Waals surface area contributed by atoms with Gasteiger partial charge in [-0.05, 0) is 32.9 Å². The van der Waals surface area contributed by atoms with Gasteiger partial charge in [-0.3, -0.25) is 14.9 Å². The molecule has 0 atom stereocenters. The Bertz CT molecular complexity index is 570. The maximum Gasteiger partial charge on any atom is 0.287 e. The third-order valence-electron chi connectivity index (χ3n) is 2.28. The van der Waals surface area contributed by atoms with E-state index in [9.17, 15) is 14.9 Å². The van der Waals surface area contributed by atoms with Crippen LogP contribution >= 0.6 is 0 Å². The minimum atomic E-state index is -0.616. The topological polar surface area (TPSA) is 108 Å². The van der Waals surface area contributed by atoms with E-state index in [1.54, 1.807) is 6.07 Å². The fraction of sp³-hybridized carbons (Fsp3) is 0.385. The molecular formula is C13H16N4O3. The molecule has 1 aromatic carbocycles. The van der Waals surface area contributed by atoms with Crippen molar-refractivity contribution in [1.82, 2.24) is 5.32 Å². The van der Waals surface area contributed by atoms with Crippen LogP contribution in [0.4, 0.5) is 11.4 Å². The first kappa shape index (κ1) is 15.4. The summed E-state index contributed by atoms with van der Waals surface area (Å²) < 4.78 is 0. The number of hydrogen-bond donors (Lipinski definition) is 2. The van der Waals surface area contributed by atoms with Crippen LogP contribution in [0.15, 0.2) is 18.2 Å². The van der Waals surface area contributed by atoms with Gasteiger partial charge in [-0.2, -0.15) is 5.26 Å². The first-order chi connectivity index (χ1) is 9.23. The molecule has 0 aliphatic rings. The van der Waals surface area contributed by atoms with Crippen molar-refractivity contribution in [3.8, 4) is 6.07 Å². The first-order valence-electron chi connectivity index (χ1n) is 5.96. The predicted molar refractivity (Wildman–Crippen MR) is 74.2 cm³/mol. The number of carbonyl (C=O) groups is 1. The van der Waals surface area contributed by atoms with Crippen LogP contribution in [0.3, 0.4) is 0 Å². The van der Waals surface area contributed by atoms with Crippen LogP contribution in [-0.4, -0.2) is 22.9 Å². The monoisotopic (exact) mass is 276 g/mol. The lowest BCUT2D eigenvalue weighted by atomic mass is 10.1. The van der Waals surface area contributed by atoms with Gasteiger partial charge in [0.05, 0.1) is 11.5 Å². The van der Waals surface area contributed by atoms with Crippen molar-refractivity contribution in [2.75, 3.05) is 11.9 Å². The van der Waals surface area contributed by atoms with Gasteiger partial charge in [-0.15, -0.1) is 0 Å². The molecule has 1 amide bonds. The van der Waals surface area contributed by atoms with Gasteiger partial charge in [0, 0.05) is 17.3 Å². The number of carbonyl (C=O) groups excluding carboxylic acids is 1. The number of nitrogens with zero attached hydrogens (tertiary/aromatic N) is 2. The highest BCUT2D eigenvalue weighted by Crippen LogP contribution is 2.21. The molecular weight excluding hydrogens is 260 g/mol. The molecule has 0 bridgehead atoms. The Morgan fingerprint density at radius 3 is 2.60 bits per heavy atom. The number of hydrogen-bond acceptors (Lipinski definition) is 5. The number of rotatable bonds is 4. The molecule has 1 rings (SSSR count). The summed E-state index contributed by atoms with van der Waals surface area (Å²) in [7, 11) is 0. The highest BCUT2D eigenvalue weighted by atomic mass is 16.6. The van der Waals surface area contributed by atoms with Gasteiger partial charge in [-0.25, -0.2) is 0 Å². The summed E-state index contributed by atoms with van der Waals surface area (Å²) >= 11 is 0. The predicted octanol–water partition coefficient (Wildman–Crippen LogP) is 1.79. The molecule has 0 radical (unpaired) electrons. The second-order valence-corrected chi connectivity index (χ2v) is 5.25. The van der Waals surface area contributed by atoms with Crippen molar-refractivity contribution in [3.63, 3.8) is 0 Å². The van der Waals surface area contributed by atoms with Crippen molar-refractivity contribution in [3.05, 3.63) is 33.9 Å². The van der Waals surface area contributed by atoms with E-state index in [-0.39, 0.29) is 29.2 Å². The molecule has 7 nitrogen and oxygen atoms in total. The van der Waals surface area contributed by atoms with E-state index in [1.807, 2.05) is 20.8 Å². The zero-order valence-corrected chi connectivity index (χ0v) is 11.6. The lowest BCUT2D eigenvalue weighted by Gasteiger charge is -2.20. The molecule has 1 aromatic rings. The number of benzene rings is 1. The van der Waals surface area contributed by atoms with Gasteiger partial charge in [0.15, 0.2) is 0 Å². The molecule has 2 N–H and O–H groups in total. The van der Waals surface area contributed by atoms with E-state index in [4.69, 9.17) is 5.26 Å². The van der Waals surface area contributed by atoms with Gasteiger partial charge in [0.2, 0.25) is 5.91 Å². The van der Waals surface area contributed by atoms with Crippen molar-refractivity contribution < 1.29 is 9.72 Å². The molecule has 0 unspecified atom stereocenters. The van der Waals surface area contributed by atoms with E-state index in [2.05, 4.69) is 10.6 Å². The van der Waals surface area contributed by atoms with Gasteiger partial charge >= 0.3 is 0 Å². The average molecular weight is 276 g/mol. The zero-order chi connectivity index (χ0) is 15.3. The SMILES string of the molecule is CC(C)(C)NC(=O)CNc1ccc([N+](=O)[O-])c(C#N)c1. The lowest BCUT2D eigenvalue weighted by molar-refractivity contribution is -0.385. The number of nitriles is 1. The maximum absolute atomic E-state index is 11.6. The van der Waals surface area contributed by atoms with Crippen LogP contribution in [0.1, 0.15) is 26.3 Å². The quantitative estimate of drug-likeness (QED) is 0.643. The maximum atomic E-state index is 11.6. The van der Waals surface area contributed by atoms with Gasteiger partial charge in [0.25, 0.3) is 5.69 Å². The number of amides is 1. The summed E-state index contributed by atoms with van der Waals surface area (Å²) in [5.74, 6) is -0.200. The van der Waals surface area contributed by atoms with Crippen LogP contribution in [-0.2, 0) is 4.79 Å². The molecule has 7 heteroatoms. The van der Waals surface area contributed by atoms with Crippen LogP contribution in [0, 0.1) is 21.4 Å². The Hall–Kier alpha value is -2.62. The number of nitro groups is 1. The summed E-state index contributed by atoms with van der Waals surface area (Å²) in [6, 6.07) is 5.81. The van der Waals surface area contributed by atoms with E-state index < -0.39 is 4.92 Å². The Labute approximate surface area is 116 Å². The minimum absolute atomic E-state index is 0.0277. The summed E-state index contributed by atoms with van der Waals surface area (Å²) in [6.45, 7) is 5.62. The van der Waals surface area contributed by atoms with E-state index in [0.29, 0.717) is 5.69 Å². The Morgan fingerprint density at radius 2 is 2.10 bits per heavy atom.